The van der Waals surface area contributed by atoms with Gasteiger partial charge in [-0.15, -0.1) is 0 Å². The Labute approximate surface area is 198 Å². The zero-order chi connectivity index (χ0) is 34.4. The summed E-state index contributed by atoms with van der Waals surface area (Å²) in [4.78, 5) is 7.30. The number of nitrogens with zero attached hydrogens (tertiary/aromatic N) is 3. The van der Waals surface area contributed by atoms with Crippen LogP contribution in [0.15, 0.2) is 40.8 Å². The average Bonchev–Trinajstić information content (AvgIpc) is 3.41. The van der Waals surface area contributed by atoms with Gasteiger partial charge in [-0.2, -0.15) is 4.98 Å². The van der Waals surface area contributed by atoms with Crippen LogP contribution >= 0.6 is 0 Å². The Morgan fingerprint density at radius 2 is 2.33 bits per heavy atom. The van der Waals surface area contributed by atoms with E-state index in [0.29, 0.717) is 0 Å². The van der Waals surface area contributed by atoms with Crippen LogP contribution in [0.3, 0.4) is 0 Å². The van der Waals surface area contributed by atoms with Gasteiger partial charge in [0.1, 0.15) is 5.75 Å². The van der Waals surface area contributed by atoms with Crippen LogP contribution in [0.1, 0.15) is 71.2 Å². The minimum absolute atomic E-state index is 0.319. The molecule has 1 N–H and O–H groups in total. The maximum atomic E-state index is 8.98. The first-order valence-corrected chi connectivity index (χ1v) is 8.85. The monoisotopic (exact) mass is 417 g/mol. The van der Waals surface area contributed by atoms with Crippen molar-refractivity contribution in [1.29, 1.82) is 0 Å². The molecule has 4 rings (SSSR count). The summed E-state index contributed by atoms with van der Waals surface area (Å²) in [5, 5.41) is 5.59. The molecule has 0 bridgehead atoms. The molecule has 0 spiro atoms. The van der Waals surface area contributed by atoms with E-state index in [1.807, 2.05) is 5.32 Å². The summed E-state index contributed by atoms with van der Waals surface area (Å²) in [6.07, 6.45) is -9.99. The second-order valence-corrected chi connectivity index (χ2v) is 6.25. The zero-order valence-corrected chi connectivity index (χ0v) is 16.2. The van der Waals surface area contributed by atoms with Gasteiger partial charge >= 0.3 is 0 Å². The Balaban J connectivity index is 2.04. The highest BCUT2D eigenvalue weighted by molar-refractivity contribution is 5.70. The van der Waals surface area contributed by atoms with Crippen LogP contribution in [0, 0.1) is 6.57 Å². The summed E-state index contributed by atoms with van der Waals surface area (Å²) >= 11 is 0. The molecular weight excluding hydrogens is 376 g/mol. The van der Waals surface area contributed by atoms with Gasteiger partial charge in [0.05, 0.1) is 20.9 Å². The minimum atomic E-state index is -3.45. The van der Waals surface area contributed by atoms with Gasteiger partial charge in [-0.1, -0.05) is 30.2 Å². The Hall–Kier alpha value is -3.17. The highest BCUT2D eigenvalue weighted by Gasteiger charge is 2.26. The van der Waals surface area contributed by atoms with E-state index >= 15 is 0 Å². The lowest BCUT2D eigenvalue weighted by Crippen LogP contribution is -2.19. The van der Waals surface area contributed by atoms with E-state index in [4.69, 9.17) is 36.4 Å². The van der Waals surface area contributed by atoms with E-state index in [1.165, 1.54) is 0 Å². The van der Waals surface area contributed by atoms with Crippen LogP contribution in [-0.4, -0.2) is 22.7 Å². The van der Waals surface area contributed by atoms with Crippen molar-refractivity contribution >= 4 is 5.69 Å². The number of aromatic nitrogens is 2. The van der Waals surface area contributed by atoms with Gasteiger partial charge in [0, 0.05) is 29.5 Å². The molecule has 1 aliphatic carbocycles. The quantitative estimate of drug-likeness (QED) is 0.498. The molecule has 6 heteroatoms. The number of fused-ring (bicyclic) bond motifs is 1. The minimum Gasteiger partial charge on any atom is -0.502 e. The van der Waals surface area contributed by atoms with Crippen LogP contribution in [0.5, 0.6) is 5.75 Å². The maximum Gasteiger partial charge on any atom is 0.256 e. The van der Waals surface area contributed by atoms with Crippen LogP contribution in [0.25, 0.3) is 27.7 Å². The molecule has 6 nitrogen and oxygen atoms in total. The van der Waals surface area contributed by atoms with Crippen LogP contribution in [0.2, 0.25) is 0 Å². The molecule has 0 aliphatic heterocycles. The lowest BCUT2D eigenvalue weighted by molar-refractivity contribution is 0.244. The van der Waals surface area contributed by atoms with Gasteiger partial charge in [-0.3, -0.25) is 0 Å². The predicted molar refractivity (Wildman–Crippen MR) is 117 cm³/mol. The number of hydrogen-bond acceptors (Lipinski definition) is 5. The summed E-state index contributed by atoms with van der Waals surface area (Å²) in [5.41, 5.74) is -3.38. The normalized spacial score (nSPS) is 29.2. The van der Waals surface area contributed by atoms with Gasteiger partial charge < -0.3 is 14.6 Å². The molecule has 1 aliphatic rings. The fourth-order valence-electron chi connectivity index (χ4n) is 2.61. The first-order valence-electron chi connectivity index (χ1n) is 16.3. The molecule has 0 unspecified atom stereocenters. The van der Waals surface area contributed by atoms with Gasteiger partial charge in [0.15, 0.2) is 0 Å². The fraction of sp³-hybridized carbons (Fsp3) is 0.375. The molecule has 0 saturated carbocycles. The van der Waals surface area contributed by atoms with Crippen LogP contribution in [-0.2, 0) is 6.37 Å². The third-order valence-electron chi connectivity index (χ3n) is 3.84. The summed E-state index contributed by atoms with van der Waals surface area (Å²) < 4.78 is 137. The Morgan fingerprint density at radius 3 is 3.10 bits per heavy atom. The number of nitrogens with one attached hydrogen (secondary N) is 1. The zero-order valence-electron chi connectivity index (χ0n) is 31.2. The molecule has 30 heavy (non-hydrogen) atoms. The van der Waals surface area contributed by atoms with E-state index in [0.717, 1.165) is 6.92 Å². The molecule has 1 aromatic heterocycles. The molecule has 154 valence electrons. The first-order chi connectivity index (χ1) is 20.4. The van der Waals surface area contributed by atoms with E-state index < -0.39 is 114 Å². The highest BCUT2D eigenvalue weighted by Crippen LogP contribution is 2.38. The van der Waals surface area contributed by atoms with Gasteiger partial charge in [-0.25, -0.2) is 4.85 Å². The molecule has 1 heterocycles. The van der Waals surface area contributed by atoms with Crippen molar-refractivity contribution < 1.29 is 29.8 Å². The molecule has 0 amide bonds. The summed E-state index contributed by atoms with van der Waals surface area (Å²) in [6, 6.07) is -7.88. The topological polar surface area (TPSA) is 64.5 Å². The molecule has 0 fully saturated rings. The van der Waals surface area contributed by atoms with Gasteiger partial charge in [0.2, 0.25) is 11.5 Å². The lowest BCUT2D eigenvalue weighted by Gasteiger charge is -2.13. The highest BCUT2D eigenvalue weighted by atomic mass is 16.5. The number of rotatable bonds is 7. The van der Waals surface area contributed by atoms with Gasteiger partial charge in [-0.05, 0) is 68.7 Å². The van der Waals surface area contributed by atoms with Crippen LogP contribution in [0.4, 0.5) is 5.69 Å². The summed E-state index contributed by atoms with van der Waals surface area (Å²) in [7, 11) is 0. The predicted octanol–water partition coefficient (Wildman–Crippen LogP) is 5.73. The van der Waals surface area contributed by atoms with E-state index in [1.54, 1.807) is 13.8 Å². The van der Waals surface area contributed by atoms with Crippen molar-refractivity contribution in [2.75, 3.05) is 6.50 Å². The van der Waals surface area contributed by atoms with Crippen molar-refractivity contribution in [3.8, 4) is 28.6 Å². The molecule has 1 atom stereocenters. The van der Waals surface area contributed by atoms with Crippen molar-refractivity contribution in [3.05, 3.63) is 58.8 Å². The van der Waals surface area contributed by atoms with Crippen molar-refractivity contribution in [3.63, 3.8) is 0 Å². The van der Waals surface area contributed by atoms with E-state index in [2.05, 4.69) is 15.0 Å². The van der Waals surface area contributed by atoms with Gasteiger partial charge in [0.25, 0.3) is 5.89 Å². The standard InChI is InChI=1S/C24H26N4O2/c1-5-13-26-20-11-10-17-18(20)7-6-8-19(17)23-27-24(30-28-23)16-9-12-22(29-15(2)3)21(14-16)25-4/h6-9,12,14-15,20,26H,5,10-11,13H2,1-3H3/t20-/m0/s1/i5D2,6D,7D,8D,9D,10D2,11D2,12D,13D2,14D,20D. The summed E-state index contributed by atoms with van der Waals surface area (Å²) in [6.45, 7) is 8.39. The third kappa shape index (κ3) is 3.94. The van der Waals surface area contributed by atoms with Crippen molar-refractivity contribution in [2.24, 2.45) is 0 Å². The first kappa shape index (κ1) is 8.91. The van der Waals surface area contributed by atoms with Crippen LogP contribution < -0.4 is 10.1 Å². The summed E-state index contributed by atoms with van der Waals surface area (Å²) in [5.74, 6) is -1.63. The number of hydrogen-bond donors (Lipinski definition) is 1. The Kier molecular flexibility index (Phi) is 2.58. The second kappa shape index (κ2) is 8.68. The van der Waals surface area contributed by atoms with E-state index in [9.17, 15) is 0 Å². The largest absolute Gasteiger partial charge is 0.502 e. The Morgan fingerprint density at radius 1 is 1.47 bits per heavy atom. The number of benzene rings is 2. The van der Waals surface area contributed by atoms with Crippen molar-refractivity contribution in [2.45, 2.75) is 52.0 Å². The molecular formula is C24H26N4O2. The second-order valence-electron chi connectivity index (χ2n) is 6.25. The molecule has 0 radical (unpaired) electrons. The fourth-order valence-corrected chi connectivity index (χ4v) is 2.61. The third-order valence-corrected chi connectivity index (χ3v) is 3.84. The maximum absolute atomic E-state index is 8.98. The molecule has 3 aromatic rings. The lowest BCUT2D eigenvalue weighted by atomic mass is 10.0. The van der Waals surface area contributed by atoms with Crippen molar-refractivity contribution in [1.82, 2.24) is 15.5 Å². The Bertz CT molecular complexity index is 1760. The molecule has 2 aromatic carbocycles. The average molecular weight is 418 g/mol. The SMILES string of the molecule is [2H]c1c([2H])c(-c2noc(-c3c([2H])c([2H])c(OC(C)C)c([N+]#[C-])c3[2H])n2)c2c(c1[2H])[C@@]([2H])(NC([2H])([2H])C([2H])([2H])C)C([2H])([2H])C2([2H])[2H]. The van der Waals surface area contributed by atoms with E-state index in [-0.39, 0.29) is 5.75 Å². The number of ether oxygens (including phenoxy) is 1. The molecule has 0 saturated heterocycles. The smallest absolute Gasteiger partial charge is 0.256 e.